The van der Waals surface area contributed by atoms with Gasteiger partial charge in [0.15, 0.2) is 0 Å². The molecule has 0 atom stereocenters. The summed E-state index contributed by atoms with van der Waals surface area (Å²) < 4.78 is 0. The Labute approximate surface area is 147 Å². The minimum absolute atomic E-state index is 0. The summed E-state index contributed by atoms with van der Waals surface area (Å²) in [6.07, 6.45) is 6.05. The number of carboxylic acids is 2. The molecule has 0 fully saturated rings. The summed E-state index contributed by atoms with van der Waals surface area (Å²) in [5, 5.41) is 17.2. The van der Waals surface area contributed by atoms with E-state index < -0.39 is 11.9 Å². The van der Waals surface area contributed by atoms with Gasteiger partial charge in [-0.25, -0.2) is 4.79 Å². The van der Waals surface area contributed by atoms with Crippen LogP contribution in [0, 0.1) is 0 Å². The van der Waals surface area contributed by atoms with Gasteiger partial charge in [-0.15, -0.1) is 0 Å². The second-order valence-corrected chi connectivity index (χ2v) is 3.08. The number of benzene rings is 1. The number of rotatable bonds is 4. The molecule has 0 radical (unpaired) electrons. The van der Waals surface area contributed by atoms with Crippen molar-refractivity contribution in [2.24, 2.45) is 0 Å². The number of carbonyl (C=O) groups is 2. The van der Waals surface area contributed by atoms with E-state index in [1.54, 1.807) is 12.2 Å². The van der Waals surface area contributed by atoms with E-state index in [4.69, 9.17) is 5.11 Å². The fourth-order valence-electron chi connectivity index (χ4n) is 0.728. The second kappa shape index (κ2) is 18.1. The van der Waals surface area contributed by atoms with Crippen molar-refractivity contribution in [1.82, 2.24) is 0 Å². The molecular weight excluding hydrogens is 279 g/mol. The normalized spacial score (nSPS) is 7.81. The van der Waals surface area contributed by atoms with Crippen molar-refractivity contribution in [3.05, 3.63) is 79.9 Å². The molecule has 0 saturated heterocycles. The quantitative estimate of drug-likeness (QED) is 0.442. The van der Waals surface area contributed by atoms with E-state index in [0.717, 1.165) is 0 Å². The average molecular weight is 296 g/mol. The molecule has 0 aliphatic carbocycles. The molecule has 106 valence electrons. The molecule has 0 spiro atoms. The zero-order chi connectivity index (χ0) is 15.8. The molecule has 21 heavy (non-hydrogen) atoms. The van der Waals surface area contributed by atoms with Crippen molar-refractivity contribution in [2.75, 3.05) is 0 Å². The van der Waals surface area contributed by atoms with Crippen LogP contribution in [0.1, 0.15) is 5.56 Å². The van der Waals surface area contributed by atoms with Gasteiger partial charge in [0.05, 0.1) is 5.97 Å². The van der Waals surface area contributed by atoms with Crippen LogP contribution < -0.4 is 34.7 Å². The molecule has 0 aliphatic heterocycles. The van der Waals surface area contributed by atoms with Crippen LogP contribution in [-0.2, 0) is 9.59 Å². The largest absolute Gasteiger partial charge is 1.00 e. The molecule has 0 bridgehead atoms. The van der Waals surface area contributed by atoms with Crippen molar-refractivity contribution in [2.45, 2.75) is 0 Å². The Hall–Kier alpha value is -1.88. The van der Waals surface area contributed by atoms with Crippen LogP contribution in [0.5, 0.6) is 0 Å². The molecule has 0 saturated carbocycles. The van der Waals surface area contributed by atoms with Gasteiger partial charge < -0.3 is 15.0 Å². The van der Waals surface area contributed by atoms with E-state index in [0.29, 0.717) is 12.2 Å². The number of hydrogen-bond acceptors (Lipinski definition) is 3. The first-order valence-corrected chi connectivity index (χ1v) is 5.50. The number of aliphatic carboxylic acids is 2. The molecule has 1 N–H and O–H groups in total. The fraction of sp³-hybridized carbons (Fsp3) is 0. The minimum atomic E-state index is -1.51. The predicted octanol–water partition coefficient (Wildman–Crippen LogP) is -0.931. The van der Waals surface area contributed by atoms with Crippen molar-refractivity contribution in [3.63, 3.8) is 0 Å². The minimum Gasteiger partial charge on any atom is -0.545 e. The van der Waals surface area contributed by atoms with E-state index >= 15 is 0 Å². The number of allylic oxidation sites excluding steroid dienone is 2. The third kappa shape index (κ3) is 23.6. The van der Waals surface area contributed by atoms with Crippen LogP contribution in [0.15, 0.2) is 74.4 Å². The average Bonchev–Trinajstić information content (AvgIpc) is 2.47. The van der Waals surface area contributed by atoms with Crippen LogP contribution in [0.2, 0.25) is 0 Å². The molecule has 4 nitrogen and oxygen atoms in total. The molecule has 1 aromatic rings. The van der Waals surface area contributed by atoms with Crippen molar-refractivity contribution < 1.29 is 49.4 Å². The zero-order valence-corrected chi connectivity index (χ0v) is 14.1. The Morgan fingerprint density at radius 2 is 1.48 bits per heavy atom. The molecular formula is C16H17NaO4. The van der Waals surface area contributed by atoms with E-state index in [1.807, 2.05) is 36.4 Å². The monoisotopic (exact) mass is 296 g/mol. The van der Waals surface area contributed by atoms with Crippen molar-refractivity contribution in [3.8, 4) is 0 Å². The number of carbonyl (C=O) groups excluding carboxylic acids is 1. The summed E-state index contributed by atoms with van der Waals surface area (Å²) in [4.78, 5) is 19.0. The summed E-state index contributed by atoms with van der Waals surface area (Å²) in [6, 6.07) is 10.0. The van der Waals surface area contributed by atoms with Crippen LogP contribution in [-0.4, -0.2) is 17.0 Å². The molecule has 0 aliphatic rings. The SMILES string of the molecule is C=CC=C.C=Cc1ccccc1.O=C([O-])/C=C/C(=O)O.[Na+]. The Morgan fingerprint density at radius 1 is 1.00 bits per heavy atom. The van der Waals surface area contributed by atoms with Gasteiger partial charge in [0, 0.05) is 6.08 Å². The van der Waals surface area contributed by atoms with Crippen LogP contribution in [0.3, 0.4) is 0 Å². The Balaban J connectivity index is -0.000000239. The van der Waals surface area contributed by atoms with Gasteiger partial charge in [-0.2, -0.15) is 0 Å². The Kier molecular flexibility index (Phi) is 20.8. The third-order valence-electron chi connectivity index (χ3n) is 1.56. The summed E-state index contributed by atoms with van der Waals surface area (Å²) in [6.45, 7) is 10.4. The first kappa shape index (κ1) is 24.2. The van der Waals surface area contributed by atoms with E-state index in [2.05, 4.69) is 19.7 Å². The van der Waals surface area contributed by atoms with E-state index in [9.17, 15) is 14.7 Å². The molecule has 5 heteroatoms. The van der Waals surface area contributed by atoms with Gasteiger partial charge >= 0.3 is 35.5 Å². The summed E-state index contributed by atoms with van der Waals surface area (Å²) in [5.74, 6) is -2.80. The van der Waals surface area contributed by atoms with E-state index in [-0.39, 0.29) is 29.6 Å². The molecule has 1 aromatic carbocycles. The van der Waals surface area contributed by atoms with Gasteiger partial charge in [0.1, 0.15) is 0 Å². The molecule has 0 aromatic heterocycles. The molecule has 0 unspecified atom stereocenters. The van der Waals surface area contributed by atoms with Crippen molar-refractivity contribution >= 4 is 18.0 Å². The second-order valence-electron chi connectivity index (χ2n) is 3.08. The zero-order valence-electron chi connectivity index (χ0n) is 12.1. The summed E-state index contributed by atoms with van der Waals surface area (Å²) in [7, 11) is 0. The molecule has 1 rings (SSSR count). The van der Waals surface area contributed by atoms with Gasteiger partial charge in [0.25, 0.3) is 0 Å². The van der Waals surface area contributed by atoms with Gasteiger partial charge in [-0.3, -0.25) is 0 Å². The maximum atomic E-state index is 9.53. The van der Waals surface area contributed by atoms with Gasteiger partial charge in [-0.1, -0.05) is 68.3 Å². The van der Waals surface area contributed by atoms with Gasteiger partial charge in [-0.05, 0) is 11.6 Å². The van der Waals surface area contributed by atoms with E-state index in [1.165, 1.54) is 5.56 Å². The number of hydrogen-bond donors (Lipinski definition) is 1. The van der Waals surface area contributed by atoms with Crippen LogP contribution >= 0.6 is 0 Å². The predicted molar refractivity (Wildman–Crippen MR) is 78.7 cm³/mol. The Morgan fingerprint density at radius 3 is 1.67 bits per heavy atom. The van der Waals surface area contributed by atoms with Crippen molar-refractivity contribution in [1.29, 1.82) is 0 Å². The Bertz CT molecular complexity index is 442. The maximum Gasteiger partial charge on any atom is 1.00 e. The molecule has 0 heterocycles. The summed E-state index contributed by atoms with van der Waals surface area (Å²) in [5.41, 5.74) is 1.17. The smallest absolute Gasteiger partial charge is 0.545 e. The van der Waals surface area contributed by atoms with Gasteiger partial charge in [0.2, 0.25) is 0 Å². The van der Waals surface area contributed by atoms with Crippen LogP contribution in [0.25, 0.3) is 6.08 Å². The maximum absolute atomic E-state index is 9.53. The first-order valence-electron chi connectivity index (χ1n) is 5.50. The first-order chi connectivity index (χ1) is 9.47. The third-order valence-corrected chi connectivity index (χ3v) is 1.56. The topological polar surface area (TPSA) is 77.4 Å². The summed E-state index contributed by atoms with van der Waals surface area (Å²) >= 11 is 0. The number of carboxylic acid groups (broad SMARTS) is 2. The molecule has 0 amide bonds. The fourth-order valence-corrected chi connectivity index (χ4v) is 0.728. The van der Waals surface area contributed by atoms with Crippen LogP contribution in [0.4, 0.5) is 0 Å². The standard InChI is InChI=1S/C8H8.C4H4O4.C4H6.Na/c1-2-8-6-4-3-5-7-8;5-3(6)1-2-4(7)8;1-3-4-2;/h2-7H,1H2;1-2H,(H,5,6)(H,7,8);3-4H,1-2H2;/q;;;+1/p-1/b;2-1+;;.